The number of nitrogens with one attached hydrogen (secondary N) is 2. The molecule has 1 heterocycles. The van der Waals surface area contributed by atoms with Gasteiger partial charge >= 0.3 is 0 Å². The lowest BCUT2D eigenvalue weighted by molar-refractivity contribution is 0.132. The molecule has 0 aliphatic carbocycles. The molecule has 140 valence electrons. The van der Waals surface area contributed by atoms with Crippen LogP contribution < -0.4 is 10.6 Å². The molecule has 25 heavy (non-hydrogen) atoms. The zero-order valence-electron chi connectivity index (χ0n) is 16.2. The monoisotopic (exact) mass is 345 g/mol. The summed E-state index contributed by atoms with van der Waals surface area (Å²) < 4.78 is 0. The van der Waals surface area contributed by atoms with Gasteiger partial charge in [-0.3, -0.25) is 9.89 Å². The van der Waals surface area contributed by atoms with Crippen molar-refractivity contribution in [1.29, 1.82) is 0 Å². The van der Waals surface area contributed by atoms with E-state index in [9.17, 15) is 0 Å². The minimum atomic E-state index is 0.807. The van der Waals surface area contributed by atoms with Gasteiger partial charge in [0.1, 0.15) is 0 Å². The van der Waals surface area contributed by atoms with E-state index in [1.165, 1.54) is 56.7 Å². The largest absolute Gasteiger partial charge is 0.356 e. The molecule has 0 radical (unpaired) electrons. The Hall–Kier alpha value is -1.59. The van der Waals surface area contributed by atoms with Crippen LogP contribution in [-0.4, -0.2) is 62.1 Å². The van der Waals surface area contributed by atoms with Gasteiger partial charge in [-0.2, -0.15) is 0 Å². The van der Waals surface area contributed by atoms with Crippen molar-refractivity contribution >= 4 is 5.96 Å². The molecule has 1 aromatic carbocycles. The summed E-state index contributed by atoms with van der Waals surface area (Å²) in [5.41, 5.74) is 2.69. The van der Waals surface area contributed by atoms with Gasteiger partial charge in [-0.05, 0) is 24.1 Å². The lowest BCUT2D eigenvalue weighted by Gasteiger charge is -2.34. The summed E-state index contributed by atoms with van der Waals surface area (Å²) in [6.07, 6.45) is 2.36. The highest BCUT2D eigenvalue weighted by Gasteiger charge is 2.15. The fourth-order valence-corrected chi connectivity index (χ4v) is 3.07. The van der Waals surface area contributed by atoms with Crippen molar-refractivity contribution in [2.45, 2.75) is 39.8 Å². The van der Waals surface area contributed by atoms with Crippen molar-refractivity contribution < 1.29 is 0 Å². The lowest BCUT2D eigenvalue weighted by Crippen LogP contribution is -2.45. The quantitative estimate of drug-likeness (QED) is 0.431. The number of aliphatic imine (C=N–C) groups is 1. The first-order valence-electron chi connectivity index (χ1n) is 9.72. The van der Waals surface area contributed by atoms with E-state index in [1.807, 2.05) is 7.05 Å². The summed E-state index contributed by atoms with van der Waals surface area (Å²) in [7, 11) is 1.82. The Kier molecular flexibility index (Phi) is 8.77. The topological polar surface area (TPSA) is 42.9 Å². The van der Waals surface area contributed by atoms with E-state index in [0.29, 0.717) is 0 Å². The number of hydrogen-bond acceptors (Lipinski definition) is 3. The average Bonchev–Trinajstić information content (AvgIpc) is 2.66. The molecule has 2 rings (SSSR count). The molecule has 1 fully saturated rings. The molecule has 0 aromatic heterocycles. The van der Waals surface area contributed by atoms with Gasteiger partial charge in [-0.15, -0.1) is 0 Å². The molecule has 1 aliphatic rings. The second-order valence-corrected chi connectivity index (χ2v) is 6.73. The van der Waals surface area contributed by atoms with Crippen molar-refractivity contribution in [1.82, 2.24) is 20.4 Å². The number of benzene rings is 1. The van der Waals surface area contributed by atoms with Crippen LogP contribution in [0.4, 0.5) is 0 Å². The molecule has 0 spiro atoms. The number of guanidine groups is 1. The fourth-order valence-electron chi connectivity index (χ4n) is 3.07. The smallest absolute Gasteiger partial charge is 0.191 e. The van der Waals surface area contributed by atoms with Crippen LogP contribution in [0.5, 0.6) is 0 Å². The van der Waals surface area contributed by atoms with E-state index < -0.39 is 0 Å². The van der Waals surface area contributed by atoms with Gasteiger partial charge < -0.3 is 15.5 Å². The van der Waals surface area contributed by atoms with E-state index in [1.54, 1.807) is 0 Å². The number of nitrogens with zero attached hydrogens (tertiary/aromatic N) is 3. The Morgan fingerprint density at radius 1 is 0.960 bits per heavy atom. The highest BCUT2D eigenvalue weighted by molar-refractivity contribution is 5.79. The number of hydrogen-bond donors (Lipinski definition) is 2. The van der Waals surface area contributed by atoms with Crippen LogP contribution in [0.1, 0.15) is 37.8 Å². The Balaban J connectivity index is 1.74. The molecule has 1 saturated heterocycles. The van der Waals surface area contributed by atoms with Crippen LogP contribution in [0.25, 0.3) is 0 Å². The van der Waals surface area contributed by atoms with Crippen LogP contribution in [0, 0.1) is 0 Å². The summed E-state index contributed by atoms with van der Waals surface area (Å²) in [6, 6.07) is 8.97. The van der Waals surface area contributed by atoms with Crippen LogP contribution in [0.2, 0.25) is 0 Å². The van der Waals surface area contributed by atoms with E-state index in [0.717, 1.165) is 25.6 Å². The van der Waals surface area contributed by atoms with Crippen molar-refractivity contribution in [3.63, 3.8) is 0 Å². The van der Waals surface area contributed by atoms with E-state index in [4.69, 9.17) is 0 Å². The van der Waals surface area contributed by atoms with E-state index >= 15 is 0 Å². The fraction of sp³-hybridized carbons (Fsp3) is 0.650. The van der Waals surface area contributed by atoms with Crippen LogP contribution in [0.15, 0.2) is 29.3 Å². The Morgan fingerprint density at radius 2 is 1.60 bits per heavy atom. The normalized spacial score (nSPS) is 16.8. The summed E-state index contributed by atoms with van der Waals surface area (Å²) in [5.74, 6) is 0.881. The predicted molar refractivity (Wildman–Crippen MR) is 107 cm³/mol. The zero-order chi connectivity index (χ0) is 17.9. The second kappa shape index (κ2) is 11.1. The van der Waals surface area contributed by atoms with Crippen LogP contribution in [-0.2, 0) is 13.1 Å². The average molecular weight is 346 g/mol. The molecule has 2 N–H and O–H groups in total. The summed E-state index contributed by atoms with van der Waals surface area (Å²) in [6.45, 7) is 13.2. The molecule has 0 amide bonds. The molecular formula is C20H35N5. The molecule has 5 heteroatoms. The summed E-state index contributed by atoms with van der Waals surface area (Å²) >= 11 is 0. The number of piperazine rings is 1. The van der Waals surface area contributed by atoms with Crippen molar-refractivity contribution in [3.8, 4) is 0 Å². The van der Waals surface area contributed by atoms with E-state index in [2.05, 4.69) is 63.5 Å². The highest BCUT2D eigenvalue weighted by atomic mass is 15.3. The molecule has 5 nitrogen and oxygen atoms in total. The first kappa shape index (κ1) is 19.7. The number of rotatable bonds is 8. The van der Waals surface area contributed by atoms with Gasteiger partial charge in [0.05, 0.1) is 0 Å². The standard InChI is InChI=1S/C20H35N5/c1-4-6-11-22-20(21-3)23-16-18-7-9-19(10-8-18)17-25-14-12-24(5-2)13-15-25/h7-10H,4-6,11-17H2,1-3H3,(H2,21,22,23). The molecule has 0 saturated carbocycles. The molecule has 0 bridgehead atoms. The van der Waals surface area contributed by atoms with Gasteiger partial charge in [0.25, 0.3) is 0 Å². The first-order valence-corrected chi connectivity index (χ1v) is 9.72. The molecule has 1 aliphatic heterocycles. The highest BCUT2D eigenvalue weighted by Crippen LogP contribution is 2.10. The Bertz CT molecular complexity index is 503. The third-order valence-corrected chi connectivity index (χ3v) is 4.85. The third-order valence-electron chi connectivity index (χ3n) is 4.85. The maximum atomic E-state index is 4.27. The van der Waals surface area contributed by atoms with Gasteiger partial charge in [0.15, 0.2) is 5.96 Å². The minimum absolute atomic E-state index is 0.807. The summed E-state index contributed by atoms with van der Waals surface area (Å²) in [4.78, 5) is 9.34. The summed E-state index contributed by atoms with van der Waals surface area (Å²) in [5, 5.41) is 6.72. The SMILES string of the molecule is CCCCNC(=NC)NCc1ccc(CN2CCN(CC)CC2)cc1. The minimum Gasteiger partial charge on any atom is -0.356 e. The van der Waals surface area contributed by atoms with Crippen LogP contribution in [0.3, 0.4) is 0 Å². The van der Waals surface area contributed by atoms with Crippen molar-refractivity contribution in [2.24, 2.45) is 4.99 Å². The maximum absolute atomic E-state index is 4.27. The van der Waals surface area contributed by atoms with Gasteiger partial charge in [0, 0.05) is 52.9 Å². The first-order chi connectivity index (χ1) is 12.2. The van der Waals surface area contributed by atoms with E-state index in [-0.39, 0.29) is 0 Å². The molecule has 0 atom stereocenters. The maximum Gasteiger partial charge on any atom is 0.191 e. The van der Waals surface area contributed by atoms with Crippen molar-refractivity contribution in [3.05, 3.63) is 35.4 Å². The van der Waals surface area contributed by atoms with Crippen molar-refractivity contribution in [2.75, 3.05) is 46.3 Å². The van der Waals surface area contributed by atoms with Gasteiger partial charge in [-0.25, -0.2) is 0 Å². The Labute approximate surface area is 153 Å². The number of likely N-dealkylation sites (N-methyl/N-ethyl adjacent to an activating group) is 1. The second-order valence-electron chi connectivity index (χ2n) is 6.73. The van der Waals surface area contributed by atoms with Gasteiger partial charge in [-0.1, -0.05) is 44.5 Å². The molecule has 0 unspecified atom stereocenters. The Morgan fingerprint density at radius 3 is 2.20 bits per heavy atom. The number of unbranched alkanes of at least 4 members (excludes halogenated alkanes) is 1. The van der Waals surface area contributed by atoms with Crippen LogP contribution >= 0.6 is 0 Å². The van der Waals surface area contributed by atoms with Gasteiger partial charge in [0.2, 0.25) is 0 Å². The molecular weight excluding hydrogens is 310 g/mol. The third kappa shape index (κ3) is 7.04. The predicted octanol–water partition coefficient (Wildman–Crippen LogP) is 2.29. The molecule has 1 aromatic rings. The zero-order valence-corrected chi connectivity index (χ0v) is 16.2. The lowest BCUT2D eigenvalue weighted by atomic mass is 10.1.